The highest BCUT2D eigenvalue weighted by Crippen LogP contribution is 2.24. The summed E-state index contributed by atoms with van der Waals surface area (Å²) in [6.07, 6.45) is 3.18. The van der Waals surface area contributed by atoms with Gasteiger partial charge in [-0.15, -0.1) is 11.8 Å². The van der Waals surface area contributed by atoms with Gasteiger partial charge >= 0.3 is 0 Å². The van der Waals surface area contributed by atoms with Crippen molar-refractivity contribution in [2.75, 3.05) is 18.1 Å². The quantitative estimate of drug-likeness (QED) is 0.813. The number of rotatable bonds is 4. The smallest absolute Gasteiger partial charge is 0.137 e. The van der Waals surface area contributed by atoms with E-state index in [1.54, 1.807) is 18.7 Å². The van der Waals surface area contributed by atoms with Gasteiger partial charge in [-0.25, -0.2) is 9.97 Å². The van der Waals surface area contributed by atoms with Gasteiger partial charge in [0.05, 0.1) is 11.6 Å². The summed E-state index contributed by atoms with van der Waals surface area (Å²) in [5.74, 6) is 0.767. The van der Waals surface area contributed by atoms with Crippen LogP contribution in [-0.4, -0.2) is 34.0 Å². The molecular formula is C12H15N3OS. The Morgan fingerprint density at radius 2 is 2.24 bits per heavy atom. The lowest BCUT2D eigenvalue weighted by atomic mass is 10.2. The number of aliphatic hydroxyl groups is 1. The van der Waals surface area contributed by atoms with Crippen molar-refractivity contribution in [3.63, 3.8) is 0 Å². The molecule has 0 radical (unpaired) electrons. The second kappa shape index (κ2) is 5.33. The molecule has 17 heavy (non-hydrogen) atoms. The van der Waals surface area contributed by atoms with Gasteiger partial charge in [0.2, 0.25) is 0 Å². The fourth-order valence-corrected chi connectivity index (χ4v) is 1.98. The molecule has 0 aliphatic carbocycles. The Balaban J connectivity index is 2.36. The molecule has 1 atom stereocenters. The summed E-state index contributed by atoms with van der Waals surface area (Å²) in [6.45, 7) is 2.22. The van der Waals surface area contributed by atoms with Gasteiger partial charge in [-0.05, 0) is 31.4 Å². The molecule has 0 fully saturated rings. The molecule has 5 heteroatoms. The molecule has 4 nitrogen and oxygen atoms in total. The average Bonchev–Trinajstić information content (AvgIpc) is 2.35. The van der Waals surface area contributed by atoms with Gasteiger partial charge in [0.25, 0.3) is 0 Å². The zero-order valence-electron chi connectivity index (χ0n) is 9.84. The molecule has 0 saturated heterocycles. The second-order valence-corrected chi connectivity index (χ2v) is 4.71. The Morgan fingerprint density at radius 1 is 1.41 bits per heavy atom. The predicted octanol–water partition coefficient (Wildman–Crippen LogP) is 2.14. The molecule has 0 aliphatic heterocycles. The molecule has 0 aliphatic rings. The van der Waals surface area contributed by atoms with Crippen LogP contribution in [0.3, 0.4) is 0 Å². The summed E-state index contributed by atoms with van der Waals surface area (Å²) < 4.78 is 0. The van der Waals surface area contributed by atoms with Gasteiger partial charge in [-0.3, -0.25) is 0 Å². The number of fused-ring (bicyclic) bond motifs is 1. The highest BCUT2D eigenvalue weighted by molar-refractivity contribution is 7.98. The van der Waals surface area contributed by atoms with Gasteiger partial charge in [0.15, 0.2) is 0 Å². The summed E-state index contributed by atoms with van der Waals surface area (Å²) in [7, 11) is 0. The Morgan fingerprint density at radius 3 is 2.94 bits per heavy atom. The molecule has 2 N–H and O–H groups in total. The number of nitrogens with zero attached hydrogens (tertiary/aromatic N) is 2. The van der Waals surface area contributed by atoms with Crippen LogP contribution in [0, 0.1) is 0 Å². The fraction of sp³-hybridized carbons (Fsp3) is 0.333. The predicted molar refractivity (Wildman–Crippen MR) is 71.5 cm³/mol. The van der Waals surface area contributed by atoms with Crippen LogP contribution < -0.4 is 5.32 Å². The fourth-order valence-electron chi connectivity index (χ4n) is 1.55. The van der Waals surface area contributed by atoms with E-state index >= 15 is 0 Å². The van der Waals surface area contributed by atoms with Crippen molar-refractivity contribution < 1.29 is 5.11 Å². The van der Waals surface area contributed by atoms with Gasteiger partial charge in [-0.2, -0.15) is 0 Å². The van der Waals surface area contributed by atoms with Crippen molar-refractivity contribution in [2.24, 2.45) is 0 Å². The number of hydrogen-bond acceptors (Lipinski definition) is 5. The molecular weight excluding hydrogens is 234 g/mol. The number of benzene rings is 1. The van der Waals surface area contributed by atoms with Gasteiger partial charge < -0.3 is 10.4 Å². The average molecular weight is 249 g/mol. The van der Waals surface area contributed by atoms with Crippen molar-refractivity contribution in [2.45, 2.75) is 17.9 Å². The number of aromatic nitrogens is 2. The number of anilines is 1. The van der Waals surface area contributed by atoms with Gasteiger partial charge in [-0.1, -0.05) is 0 Å². The maximum atomic E-state index is 9.26. The van der Waals surface area contributed by atoms with Crippen LogP contribution in [0.4, 0.5) is 5.82 Å². The van der Waals surface area contributed by atoms with Crippen molar-refractivity contribution in [3.05, 3.63) is 24.5 Å². The first kappa shape index (κ1) is 12.1. The monoisotopic (exact) mass is 249 g/mol. The lowest BCUT2D eigenvalue weighted by molar-refractivity contribution is 0.208. The van der Waals surface area contributed by atoms with Crippen molar-refractivity contribution in [1.29, 1.82) is 0 Å². The first-order chi connectivity index (χ1) is 8.20. The summed E-state index contributed by atoms with van der Waals surface area (Å²) >= 11 is 1.69. The molecule has 1 aromatic heterocycles. The lowest BCUT2D eigenvalue weighted by Gasteiger charge is -2.10. The maximum Gasteiger partial charge on any atom is 0.137 e. The SMILES string of the molecule is CSc1ccc2c(NCC(C)O)ncnc2c1. The first-order valence-corrected chi connectivity index (χ1v) is 6.64. The van der Waals surface area contributed by atoms with E-state index in [4.69, 9.17) is 0 Å². The number of nitrogens with one attached hydrogen (secondary N) is 1. The minimum atomic E-state index is -0.398. The van der Waals surface area contributed by atoms with Crippen LogP contribution >= 0.6 is 11.8 Å². The molecule has 0 bridgehead atoms. The molecule has 2 rings (SSSR count). The van der Waals surface area contributed by atoms with Crippen LogP contribution in [0.5, 0.6) is 0 Å². The van der Waals surface area contributed by atoms with Crippen molar-refractivity contribution >= 4 is 28.5 Å². The standard InChI is InChI=1S/C12H15N3OS/c1-8(16)6-13-12-10-4-3-9(17-2)5-11(10)14-7-15-12/h3-5,7-8,16H,6H2,1-2H3,(H,13,14,15). The molecule has 2 aromatic rings. The molecule has 90 valence electrons. The van der Waals surface area contributed by atoms with E-state index in [2.05, 4.69) is 15.3 Å². The molecule has 0 saturated carbocycles. The molecule has 1 aromatic carbocycles. The zero-order valence-corrected chi connectivity index (χ0v) is 10.7. The number of thioether (sulfide) groups is 1. The largest absolute Gasteiger partial charge is 0.392 e. The van der Waals surface area contributed by atoms with Crippen LogP contribution in [0.1, 0.15) is 6.92 Å². The normalized spacial score (nSPS) is 12.6. The van der Waals surface area contributed by atoms with E-state index < -0.39 is 6.10 Å². The molecule has 1 unspecified atom stereocenters. The van der Waals surface area contributed by atoms with E-state index in [1.165, 1.54) is 11.2 Å². The Labute approximate surface area is 104 Å². The van der Waals surface area contributed by atoms with E-state index in [9.17, 15) is 5.11 Å². The van der Waals surface area contributed by atoms with E-state index in [1.807, 2.05) is 24.5 Å². The minimum absolute atomic E-state index is 0.398. The first-order valence-electron chi connectivity index (χ1n) is 5.41. The third kappa shape index (κ3) is 2.87. The molecule has 1 heterocycles. The topological polar surface area (TPSA) is 58.0 Å². The lowest BCUT2D eigenvalue weighted by Crippen LogP contribution is -2.16. The Bertz CT molecular complexity index is 516. The molecule has 0 amide bonds. The van der Waals surface area contributed by atoms with Crippen molar-refractivity contribution in [3.8, 4) is 0 Å². The summed E-state index contributed by atoms with van der Waals surface area (Å²) in [4.78, 5) is 9.62. The van der Waals surface area contributed by atoms with Crippen LogP contribution in [0.2, 0.25) is 0 Å². The minimum Gasteiger partial charge on any atom is -0.392 e. The van der Waals surface area contributed by atoms with Gasteiger partial charge in [0.1, 0.15) is 12.1 Å². The van der Waals surface area contributed by atoms with Crippen LogP contribution in [0.25, 0.3) is 10.9 Å². The third-order valence-electron chi connectivity index (χ3n) is 2.41. The second-order valence-electron chi connectivity index (χ2n) is 3.84. The van der Waals surface area contributed by atoms with Crippen molar-refractivity contribution in [1.82, 2.24) is 9.97 Å². The van der Waals surface area contributed by atoms with Crippen LogP contribution in [0.15, 0.2) is 29.4 Å². The maximum absolute atomic E-state index is 9.26. The van der Waals surface area contributed by atoms with E-state index in [0.29, 0.717) is 6.54 Å². The highest BCUT2D eigenvalue weighted by Gasteiger charge is 2.05. The zero-order chi connectivity index (χ0) is 12.3. The summed E-state index contributed by atoms with van der Waals surface area (Å²) in [5.41, 5.74) is 0.917. The van der Waals surface area contributed by atoms with E-state index in [0.717, 1.165) is 16.7 Å². The number of hydrogen-bond donors (Lipinski definition) is 2. The van der Waals surface area contributed by atoms with Gasteiger partial charge in [0, 0.05) is 16.8 Å². The summed E-state index contributed by atoms with van der Waals surface area (Å²) in [6, 6.07) is 6.09. The summed E-state index contributed by atoms with van der Waals surface area (Å²) in [5, 5.41) is 13.4. The van der Waals surface area contributed by atoms with E-state index in [-0.39, 0.29) is 0 Å². The third-order valence-corrected chi connectivity index (χ3v) is 3.13. The Kier molecular flexibility index (Phi) is 3.81. The highest BCUT2D eigenvalue weighted by atomic mass is 32.2. The Hall–Kier alpha value is -1.33. The number of aliphatic hydroxyl groups excluding tert-OH is 1. The van der Waals surface area contributed by atoms with Crippen LogP contribution in [-0.2, 0) is 0 Å². The molecule has 0 spiro atoms.